The number of amides is 3. The Labute approximate surface area is 238 Å². The van der Waals surface area contributed by atoms with Gasteiger partial charge >= 0.3 is 6.03 Å². The van der Waals surface area contributed by atoms with E-state index in [1.165, 1.54) is 31.3 Å². The molecule has 0 aromatic heterocycles. The highest BCUT2D eigenvalue weighted by Gasteiger charge is 2.46. The summed E-state index contributed by atoms with van der Waals surface area (Å²) in [7, 11) is 1.27. The lowest BCUT2D eigenvalue weighted by Crippen LogP contribution is -2.43. The predicted molar refractivity (Wildman–Crippen MR) is 149 cm³/mol. The average molecular weight is 678 g/mol. The zero-order valence-electron chi connectivity index (χ0n) is 18.4. The van der Waals surface area contributed by atoms with E-state index in [1.54, 1.807) is 41.3 Å². The van der Waals surface area contributed by atoms with Crippen molar-refractivity contribution in [3.8, 4) is 0 Å². The molecule has 1 saturated heterocycles. The molecule has 6 nitrogen and oxygen atoms in total. The van der Waals surface area contributed by atoms with Gasteiger partial charge in [-0.1, -0.05) is 71.2 Å². The number of carbonyl (C=O) groups excluding carboxylic acids is 2. The maximum absolute atomic E-state index is 14.7. The summed E-state index contributed by atoms with van der Waals surface area (Å²) in [5.74, 6) is -1.89. The summed E-state index contributed by atoms with van der Waals surface area (Å²) in [6.45, 7) is 0. The average Bonchev–Trinajstić information content (AvgIpc) is 3.04. The number of likely N-dealkylation sites (N-methyl/N-ethyl adjacent to an activating group) is 1. The fourth-order valence-electron chi connectivity index (χ4n) is 3.62. The van der Waals surface area contributed by atoms with E-state index < -0.39 is 33.5 Å². The van der Waals surface area contributed by atoms with Gasteiger partial charge in [-0.2, -0.15) is 0 Å². The second-order valence-corrected chi connectivity index (χ2v) is 11.7. The third kappa shape index (κ3) is 5.13. The first kappa shape index (κ1) is 26.9. The summed E-state index contributed by atoms with van der Waals surface area (Å²) in [5, 5.41) is 0. The van der Waals surface area contributed by atoms with Crippen molar-refractivity contribution in [2.24, 2.45) is 4.99 Å². The Bertz CT molecular complexity index is 1320. The van der Waals surface area contributed by atoms with Crippen molar-refractivity contribution in [1.82, 2.24) is 4.90 Å². The summed E-state index contributed by atoms with van der Waals surface area (Å²) in [5.41, 5.74) is 0.968. The lowest BCUT2D eigenvalue weighted by Gasteiger charge is -2.36. The van der Waals surface area contributed by atoms with Crippen molar-refractivity contribution in [1.29, 1.82) is 0 Å². The molecule has 3 aromatic carbocycles. The first-order chi connectivity index (χ1) is 17.0. The van der Waals surface area contributed by atoms with Crippen molar-refractivity contribution >= 4 is 101 Å². The number of rotatable bonds is 5. The van der Waals surface area contributed by atoms with Crippen LogP contribution in [0.3, 0.4) is 0 Å². The second-order valence-electron chi connectivity index (χ2n) is 7.57. The zero-order valence-corrected chi connectivity index (χ0v) is 23.8. The summed E-state index contributed by atoms with van der Waals surface area (Å²) in [6, 6.07) is 19.1. The lowest BCUT2D eigenvalue weighted by molar-refractivity contribution is -0.119. The summed E-state index contributed by atoms with van der Waals surface area (Å²) in [4.78, 5) is 34.0. The fraction of sp³-hybridized carbons (Fsp3) is 0.125. The third-order valence-corrected chi connectivity index (χ3v) is 7.21. The van der Waals surface area contributed by atoms with Crippen molar-refractivity contribution in [3.05, 3.63) is 87.6 Å². The summed E-state index contributed by atoms with van der Waals surface area (Å²) < 4.78 is 13.9. The number of imide groups is 1. The van der Waals surface area contributed by atoms with Gasteiger partial charge in [-0.15, -0.1) is 0 Å². The van der Waals surface area contributed by atoms with Crippen molar-refractivity contribution < 1.29 is 14.0 Å². The van der Waals surface area contributed by atoms with Crippen molar-refractivity contribution in [2.45, 2.75) is 9.96 Å². The molecule has 3 aromatic rings. The normalized spacial score (nSPS) is 16.1. The number of nitrogens with zero attached hydrogens (tertiary/aromatic N) is 4. The van der Waals surface area contributed by atoms with Gasteiger partial charge < -0.3 is 4.90 Å². The standard InChI is InChI=1S/C24H16Br2Cl3FN4O2/c1-32-21(35)20(34(23(32)36)19-13-7-4-10-16(19)30)31-22(24(27,28)29)33(17-11-5-2-8-14(17)25)18-12-6-3-9-15(18)26/h2-13,22H,1H3. The number of para-hydroxylation sites is 3. The Morgan fingerprint density at radius 3 is 1.89 bits per heavy atom. The van der Waals surface area contributed by atoms with Gasteiger partial charge in [0.05, 0.1) is 17.1 Å². The van der Waals surface area contributed by atoms with Gasteiger partial charge in [0.15, 0.2) is 6.17 Å². The maximum Gasteiger partial charge on any atom is 0.337 e. The van der Waals surface area contributed by atoms with E-state index in [1.807, 2.05) is 12.1 Å². The van der Waals surface area contributed by atoms with E-state index in [4.69, 9.17) is 34.8 Å². The van der Waals surface area contributed by atoms with Crippen LogP contribution in [0, 0.1) is 5.82 Å². The molecule has 0 N–H and O–H groups in total. The summed E-state index contributed by atoms with van der Waals surface area (Å²) in [6.07, 6.45) is -1.37. The van der Waals surface area contributed by atoms with E-state index in [-0.39, 0.29) is 5.69 Å². The molecule has 0 aliphatic carbocycles. The van der Waals surface area contributed by atoms with Gasteiger partial charge in [-0.05, 0) is 68.3 Å². The Kier molecular flexibility index (Phi) is 7.97. The molecule has 3 amide bonds. The number of hydrogen-bond acceptors (Lipinski definition) is 4. The lowest BCUT2D eigenvalue weighted by atomic mass is 10.2. The number of halogens is 6. The number of urea groups is 1. The topological polar surface area (TPSA) is 56.2 Å². The molecule has 0 bridgehead atoms. The predicted octanol–water partition coefficient (Wildman–Crippen LogP) is 7.68. The molecule has 0 saturated carbocycles. The number of alkyl halides is 3. The highest BCUT2D eigenvalue weighted by molar-refractivity contribution is 9.11. The molecule has 1 atom stereocenters. The van der Waals surface area contributed by atoms with Gasteiger partial charge in [-0.3, -0.25) is 9.69 Å². The van der Waals surface area contributed by atoms with Gasteiger partial charge in [0.1, 0.15) is 5.82 Å². The molecule has 36 heavy (non-hydrogen) atoms. The van der Waals surface area contributed by atoms with Crippen LogP contribution in [0.25, 0.3) is 0 Å². The first-order valence-corrected chi connectivity index (χ1v) is 13.0. The van der Waals surface area contributed by atoms with E-state index >= 15 is 0 Å². The molecule has 4 rings (SSSR count). The van der Waals surface area contributed by atoms with Crippen LogP contribution in [-0.4, -0.2) is 39.7 Å². The number of anilines is 3. The van der Waals surface area contributed by atoms with Crippen LogP contribution in [0.1, 0.15) is 0 Å². The summed E-state index contributed by atoms with van der Waals surface area (Å²) >= 11 is 26.5. The number of amidine groups is 1. The SMILES string of the molecule is CN1C(=O)C(=NC(N(c2ccccc2Br)c2ccccc2Br)C(Cl)(Cl)Cl)N(c2ccccc2F)C1=O. The van der Waals surface area contributed by atoms with Crippen LogP contribution in [-0.2, 0) is 4.79 Å². The molecule has 0 spiro atoms. The molecule has 1 fully saturated rings. The quantitative estimate of drug-likeness (QED) is 0.206. The molecule has 186 valence electrons. The van der Waals surface area contributed by atoms with E-state index in [0.717, 1.165) is 9.80 Å². The fourth-order valence-corrected chi connectivity index (χ4v) is 5.01. The maximum atomic E-state index is 14.7. The third-order valence-electron chi connectivity index (χ3n) is 5.29. The molecular formula is C24H16Br2Cl3FN4O2. The molecule has 1 heterocycles. The molecule has 1 aliphatic heterocycles. The number of aliphatic imine (C=N–C) groups is 1. The van der Waals surface area contributed by atoms with Gasteiger partial charge in [0.2, 0.25) is 9.63 Å². The number of benzene rings is 3. The second kappa shape index (κ2) is 10.7. The smallest absolute Gasteiger partial charge is 0.313 e. The first-order valence-electron chi connectivity index (χ1n) is 10.3. The molecule has 0 radical (unpaired) electrons. The van der Waals surface area contributed by atoms with E-state index in [9.17, 15) is 14.0 Å². The number of carbonyl (C=O) groups is 2. The van der Waals surface area contributed by atoms with Crippen LogP contribution < -0.4 is 9.80 Å². The van der Waals surface area contributed by atoms with Crippen molar-refractivity contribution in [3.63, 3.8) is 0 Å². The van der Waals surface area contributed by atoms with Crippen molar-refractivity contribution in [2.75, 3.05) is 16.8 Å². The molecular weight excluding hydrogens is 661 g/mol. The minimum atomic E-state index is -2.11. The van der Waals surface area contributed by atoms with Crippen LogP contribution >= 0.6 is 66.7 Å². The largest absolute Gasteiger partial charge is 0.337 e. The highest BCUT2D eigenvalue weighted by atomic mass is 79.9. The van der Waals surface area contributed by atoms with Gasteiger partial charge in [0.25, 0.3) is 5.91 Å². The Morgan fingerprint density at radius 1 is 0.889 bits per heavy atom. The van der Waals surface area contributed by atoms with Gasteiger partial charge in [0, 0.05) is 16.0 Å². The van der Waals surface area contributed by atoms with Crippen LogP contribution in [0.2, 0.25) is 0 Å². The minimum Gasteiger partial charge on any atom is -0.313 e. The monoisotopic (exact) mass is 674 g/mol. The Hall–Kier alpha value is -2.17. The minimum absolute atomic E-state index is 0.157. The van der Waals surface area contributed by atoms with Crippen LogP contribution in [0.15, 0.2) is 86.7 Å². The Morgan fingerprint density at radius 2 is 1.39 bits per heavy atom. The van der Waals surface area contributed by atoms with Crippen LogP contribution in [0.4, 0.5) is 26.2 Å². The highest BCUT2D eigenvalue weighted by Crippen LogP contribution is 2.45. The van der Waals surface area contributed by atoms with Gasteiger partial charge in [-0.25, -0.2) is 19.1 Å². The molecule has 1 aliphatic rings. The molecule has 1 unspecified atom stereocenters. The molecule has 12 heteroatoms. The van der Waals surface area contributed by atoms with E-state index in [0.29, 0.717) is 20.3 Å². The zero-order chi connectivity index (χ0) is 26.2. The Balaban J connectivity index is 1.98. The van der Waals surface area contributed by atoms with Crippen LogP contribution in [0.5, 0.6) is 0 Å². The van der Waals surface area contributed by atoms with E-state index in [2.05, 4.69) is 36.9 Å². The number of hydrogen-bond donors (Lipinski definition) is 0.